The van der Waals surface area contributed by atoms with Crippen LogP contribution in [0.25, 0.3) is 0 Å². The van der Waals surface area contributed by atoms with E-state index in [0.29, 0.717) is 16.9 Å². The SMILES string of the molecule is COC(CNC(=O)c1cnoc1C)c1cccc(F)c1. The number of carbonyl (C=O) groups is 1. The minimum absolute atomic E-state index is 0.226. The molecule has 106 valence electrons. The summed E-state index contributed by atoms with van der Waals surface area (Å²) in [5, 5.41) is 6.25. The van der Waals surface area contributed by atoms with E-state index in [-0.39, 0.29) is 18.3 Å². The van der Waals surface area contributed by atoms with Crippen molar-refractivity contribution in [3.8, 4) is 0 Å². The number of aryl methyl sites for hydroxylation is 1. The van der Waals surface area contributed by atoms with Crippen LogP contribution in [-0.4, -0.2) is 24.7 Å². The van der Waals surface area contributed by atoms with Gasteiger partial charge in [-0.3, -0.25) is 4.79 Å². The summed E-state index contributed by atoms with van der Waals surface area (Å²) in [6, 6.07) is 6.08. The van der Waals surface area contributed by atoms with E-state index in [9.17, 15) is 9.18 Å². The van der Waals surface area contributed by atoms with E-state index in [1.807, 2.05) is 0 Å². The molecule has 1 atom stereocenters. The monoisotopic (exact) mass is 278 g/mol. The van der Waals surface area contributed by atoms with Crippen molar-refractivity contribution in [2.24, 2.45) is 0 Å². The van der Waals surface area contributed by atoms with Gasteiger partial charge in [-0.1, -0.05) is 17.3 Å². The van der Waals surface area contributed by atoms with Crippen molar-refractivity contribution in [3.05, 3.63) is 53.2 Å². The largest absolute Gasteiger partial charge is 0.375 e. The molecule has 0 aliphatic rings. The van der Waals surface area contributed by atoms with E-state index in [0.717, 1.165) is 0 Å². The molecule has 0 saturated heterocycles. The van der Waals surface area contributed by atoms with E-state index in [1.54, 1.807) is 19.1 Å². The molecule has 1 aromatic carbocycles. The molecule has 2 aromatic rings. The molecule has 0 spiro atoms. The standard InChI is InChI=1S/C14H15FN2O3/c1-9-12(7-17-20-9)14(18)16-8-13(19-2)10-4-3-5-11(15)6-10/h3-7,13H,8H2,1-2H3,(H,16,18). The van der Waals surface area contributed by atoms with Crippen LogP contribution in [0.5, 0.6) is 0 Å². The minimum atomic E-state index is -0.421. The van der Waals surface area contributed by atoms with Crippen molar-refractivity contribution in [1.82, 2.24) is 10.5 Å². The summed E-state index contributed by atoms with van der Waals surface area (Å²) < 4.78 is 23.3. The van der Waals surface area contributed by atoms with Gasteiger partial charge in [-0.2, -0.15) is 0 Å². The van der Waals surface area contributed by atoms with Gasteiger partial charge in [0.2, 0.25) is 0 Å². The summed E-state index contributed by atoms with van der Waals surface area (Å²) in [6.45, 7) is 1.88. The lowest BCUT2D eigenvalue weighted by atomic mass is 10.1. The molecule has 1 N–H and O–H groups in total. The van der Waals surface area contributed by atoms with Crippen molar-refractivity contribution < 1.29 is 18.4 Å². The average Bonchev–Trinajstić information content (AvgIpc) is 2.85. The third-order valence-electron chi connectivity index (χ3n) is 2.95. The third-order valence-corrected chi connectivity index (χ3v) is 2.95. The number of methoxy groups -OCH3 is 1. The van der Waals surface area contributed by atoms with Crippen LogP contribution in [0.4, 0.5) is 4.39 Å². The van der Waals surface area contributed by atoms with E-state index in [1.165, 1.54) is 25.4 Å². The van der Waals surface area contributed by atoms with Crippen LogP contribution in [-0.2, 0) is 4.74 Å². The normalized spacial score (nSPS) is 12.2. The Hall–Kier alpha value is -2.21. The first kappa shape index (κ1) is 14.2. The highest BCUT2D eigenvalue weighted by molar-refractivity contribution is 5.94. The number of nitrogens with one attached hydrogen (secondary N) is 1. The zero-order valence-electron chi connectivity index (χ0n) is 11.2. The molecule has 1 unspecified atom stereocenters. The number of hydrogen-bond acceptors (Lipinski definition) is 4. The predicted octanol–water partition coefficient (Wildman–Crippen LogP) is 2.24. The lowest BCUT2D eigenvalue weighted by molar-refractivity contribution is 0.0826. The molecule has 1 heterocycles. The molecule has 0 fully saturated rings. The van der Waals surface area contributed by atoms with Crippen LogP contribution in [0.3, 0.4) is 0 Å². The van der Waals surface area contributed by atoms with Gasteiger partial charge in [-0.25, -0.2) is 4.39 Å². The molecular weight excluding hydrogens is 263 g/mol. The number of aromatic nitrogens is 1. The fraction of sp³-hybridized carbons (Fsp3) is 0.286. The molecular formula is C14H15FN2O3. The van der Waals surface area contributed by atoms with Gasteiger partial charge in [0.1, 0.15) is 17.1 Å². The summed E-state index contributed by atoms with van der Waals surface area (Å²) in [6.07, 6.45) is 0.934. The van der Waals surface area contributed by atoms with Gasteiger partial charge in [0, 0.05) is 13.7 Å². The summed E-state index contributed by atoms with van der Waals surface area (Å²) in [7, 11) is 1.51. The van der Waals surface area contributed by atoms with Crippen LogP contribution in [0.1, 0.15) is 27.8 Å². The average molecular weight is 278 g/mol. The number of hydrogen-bond donors (Lipinski definition) is 1. The maximum atomic E-state index is 13.2. The van der Waals surface area contributed by atoms with Crippen LogP contribution >= 0.6 is 0 Å². The second-order valence-electron chi connectivity index (χ2n) is 4.29. The Labute approximate surface area is 115 Å². The van der Waals surface area contributed by atoms with E-state index >= 15 is 0 Å². The molecule has 2 rings (SSSR count). The molecule has 1 amide bonds. The Morgan fingerprint density at radius 2 is 2.35 bits per heavy atom. The first-order valence-electron chi connectivity index (χ1n) is 6.09. The van der Waals surface area contributed by atoms with Crippen molar-refractivity contribution >= 4 is 5.91 Å². The van der Waals surface area contributed by atoms with Gasteiger partial charge in [-0.15, -0.1) is 0 Å². The van der Waals surface area contributed by atoms with Crippen molar-refractivity contribution in [2.75, 3.05) is 13.7 Å². The van der Waals surface area contributed by atoms with E-state index < -0.39 is 6.10 Å². The maximum Gasteiger partial charge on any atom is 0.256 e. The number of ether oxygens (including phenoxy) is 1. The van der Waals surface area contributed by atoms with E-state index in [2.05, 4.69) is 10.5 Å². The third kappa shape index (κ3) is 3.21. The first-order valence-corrected chi connectivity index (χ1v) is 6.09. The van der Waals surface area contributed by atoms with Crippen molar-refractivity contribution in [1.29, 1.82) is 0 Å². The summed E-state index contributed by atoms with van der Waals surface area (Å²) in [5.41, 5.74) is 1.04. The molecule has 0 saturated carbocycles. The zero-order chi connectivity index (χ0) is 14.5. The molecule has 1 aromatic heterocycles. The highest BCUT2D eigenvalue weighted by Crippen LogP contribution is 2.17. The van der Waals surface area contributed by atoms with Gasteiger partial charge in [0.25, 0.3) is 5.91 Å². The lowest BCUT2D eigenvalue weighted by Crippen LogP contribution is -2.29. The topological polar surface area (TPSA) is 64.4 Å². The number of halogens is 1. The molecule has 0 radical (unpaired) electrons. The summed E-state index contributed by atoms with van der Waals surface area (Å²) >= 11 is 0. The quantitative estimate of drug-likeness (QED) is 0.911. The number of nitrogens with zero attached hydrogens (tertiary/aromatic N) is 1. The predicted molar refractivity (Wildman–Crippen MR) is 69.7 cm³/mol. The Morgan fingerprint density at radius 1 is 1.55 bits per heavy atom. The Morgan fingerprint density at radius 3 is 2.95 bits per heavy atom. The van der Waals surface area contributed by atoms with Gasteiger partial charge in [0.05, 0.1) is 12.3 Å². The van der Waals surface area contributed by atoms with Crippen LogP contribution < -0.4 is 5.32 Å². The van der Waals surface area contributed by atoms with E-state index in [4.69, 9.17) is 9.26 Å². The number of amides is 1. The molecule has 5 nitrogen and oxygen atoms in total. The molecule has 0 bridgehead atoms. The second kappa shape index (κ2) is 6.29. The Balaban J connectivity index is 2.01. The molecule has 6 heteroatoms. The van der Waals surface area contributed by atoms with Crippen LogP contribution in [0.15, 0.2) is 35.0 Å². The number of carbonyl (C=O) groups excluding carboxylic acids is 1. The van der Waals surface area contributed by atoms with Gasteiger partial charge >= 0.3 is 0 Å². The smallest absolute Gasteiger partial charge is 0.256 e. The first-order chi connectivity index (χ1) is 9.61. The Bertz CT molecular complexity index is 598. The Kier molecular flexibility index (Phi) is 4.47. The van der Waals surface area contributed by atoms with Gasteiger partial charge in [-0.05, 0) is 24.6 Å². The fourth-order valence-electron chi connectivity index (χ4n) is 1.84. The molecule has 20 heavy (non-hydrogen) atoms. The minimum Gasteiger partial charge on any atom is -0.375 e. The fourth-order valence-corrected chi connectivity index (χ4v) is 1.84. The molecule has 0 aliphatic carbocycles. The number of rotatable bonds is 5. The zero-order valence-corrected chi connectivity index (χ0v) is 11.2. The maximum absolute atomic E-state index is 13.2. The van der Waals surface area contributed by atoms with Crippen LogP contribution in [0, 0.1) is 12.7 Å². The highest BCUT2D eigenvalue weighted by Gasteiger charge is 2.16. The van der Waals surface area contributed by atoms with Crippen LogP contribution in [0.2, 0.25) is 0 Å². The number of benzene rings is 1. The second-order valence-corrected chi connectivity index (χ2v) is 4.29. The lowest BCUT2D eigenvalue weighted by Gasteiger charge is -2.16. The summed E-state index contributed by atoms with van der Waals surface area (Å²) in [5.74, 6) is -0.199. The van der Waals surface area contributed by atoms with Crippen molar-refractivity contribution in [3.63, 3.8) is 0 Å². The van der Waals surface area contributed by atoms with Gasteiger partial charge in [0.15, 0.2) is 0 Å². The highest BCUT2D eigenvalue weighted by atomic mass is 19.1. The van der Waals surface area contributed by atoms with Crippen molar-refractivity contribution in [2.45, 2.75) is 13.0 Å². The van der Waals surface area contributed by atoms with Gasteiger partial charge < -0.3 is 14.6 Å². The molecule has 0 aliphatic heterocycles. The summed E-state index contributed by atoms with van der Waals surface area (Å²) in [4.78, 5) is 11.9.